The molecule has 0 aliphatic carbocycles. The van der Waals surface area contributed by atoms with Crippen LogP contribution in [-0.2, 0) is 13.1 Å². The first-order valence-corrected chi connectivity index (χ1v) is 24.8. The Morgan fingerprint density at radius 3 is 1.31 bits per heavy atom. The first-order chi connectivity index (χ1) is 37.3. The van der Waals surface area contributed by atoms with E-state index in [0.29, 0.717) is 42.7 Å². The average Bonchev–Trinajstić information content (AvgIpc) is 3.99. The minimum Gasteiger partial charge on any atom is -0.505 e. The van der Waals surface area contributed by atoms with Crippen molar-refractivity contribution in [2.24, 2.45) is 0 Å². The summed E-state index contributed by atoms with van der Waals surface area (Å²) in [6, 6.07) is 36.4. The number of hydrogen-bond acceptors (Lipinski definition) is 12. The van der Waals surface area contributed by atoms with E-state index in [0.717, 1.165) is 20.9 Å². The summed E-state index contributed by atoms with van der Waals surface area (Å²) in [5.74, 6) is -4.21. The number of fused-ring (bicyclic) bond motifs is 4. The molecule has 390 valence electrons. The first-order valence-electron chi connectivity index (χ1n) is 24.8. The Morgan fingerprint density at radius 2 is 0.883 bits per heavy atom. The van der Waals surface area contributed by atoms with Gasteiger partial charge < -0.3 is 29.1 Å². The molecule has 6 aromatic carbocycles. The Hall–Kier alpha value is -9.58. The number of carbonyl (C=O) groups excluding carboxylic acids is 6. The molecule has 0 radical (unpaired) electrons. The number of ether oxygens (including phenoxy) is 3. The molecule has 0 bridgehead atoms. The molecular weight excluding hydrogens is 991 g/mol. The Morgan fingerprint density at radius 1 is 0.506 bits per heavy atom. The maximum atomic E-state index is 14.3. The summed E-state index contributed by atoms with van der Waals surface area (Å²) in [4.78, 5) is 94.3. The van der Waals surface area contributed by atoms with Crippen molar-refractivity contribution in [3.63, 3.8) is 0 Å². The quantitative estimate of drug-likeness (QED) is 0.102. The molecule has 10 rings (SSSR count). The minimum absolute atomic E-state index is 0.0402. The monoisotopic (exact) mass is 1040 g/mol. The van der Waals surface area contributed by atoms with Gasteiger partial charge in [0.15, 0.2) is 23.0 Å². The van der Waals surface area contributed by atoms with E-state index in [9.17, 15) is 42.7 Å². The molecule has 0 spiro atoms. The number of rotatable bonds is 14. The van der Waals surface area contributed by atoms with Crippen LogP contribution in [-0.4, -0.2) is 96.7 Å². The molecule has 0 fully saturated rings. The van der Waals surface area contributed by atoms with E-state index in [1.807, 2.05) is 74.5 Å². The second kappa shape index (κ2) is 22.5. The topological polar surface area (TPSA) is 189 Å². The molecule has 0 saturated heterocycles. The van der Waals surface area contributed by atoms with Gasteiger partial charge in [0.1, 0.15) is 51.0 Å². The Balaban J connectivity index is 0.000000199. The van der Waals surface area contributed by atoms with Crippen LogP contribution in [0.1, 0.15) is 97.5 Å². The zero-order valence-electron chi connectivity index (χ0n) is 42.2. The number of imide groups is 2. The fraction of sp³-hybridized carbons (Fsp3) is 0.186. The minimum atomic E-state index is -0.750. The highest BCUT2D eigenvalue weighted by molar-refractivity contribution is 6.28. The molecule has 0 saturated carbocycles. The molecule has 0 atom stereocenters. The van der Waals surface area contributed by atoms with E-state index in [-0.39, 0.29) is 69.0 Å². The summed E-state index contributed by atoms with van der Waals surface area (Å²) in [6.07, 6.45) is 0.951. The van der Waals surface area contributed by atoms with Crippen molar-refractivity contribution in [1.29, 1.82) is 0 Å². The van der Waals surface area contributed by atoms with Crippen LogP contribution in [0, 0.1) is 11.6 Å². The lowest BCUT2D eigenvalue weighted by atomic mass is 9.99. The van der Waals surface area contributed by atoms with Gasteiger partial charge in [0.05, 0.1) is 13.1 Å². The number of pyridine rings is 2. The highest BCUT2D eigenvalue weighted by Gasteiger charge is 2.45. The molecule has 0 unspecified atom stereocenters. The van der Waals surface area contributed by atoms with Gasteiger partial charge in [-0.15, -0.1) is 0 Å². The third-order valence-corrected chi connectivity index (χ3v) is 13.2. The molecule has 4 heterocycles. The number of amides is 6. The van der Waals surface area contributed by atoms with Gasteiger partial charge in [0.25, 0.3) is 23.6 Å². The number of nitrogens with zero attached hydrogens (tertiary/aromatic N) is 6. The molecule has 1 N–H and O–H groups in total. The smallest absolute Gasteiger partial charge is 0.415 e. The van der Waals surface area contributed by atoms with Gasteiger partial charge in [0.2, 0.25) is 0 Å². The Labute approximate surface area is 440 Å². The van der Waals surface area contributed by atoms with Gasteiger partial charge in [-0.25, -0.2) is 18.4 Å². The van der Waals surface area contributed by atoms with Crippen molar-refractivity contribution in [3.05, 3.63) is 202 Å². The summed E-state index contributed by atoms with van der Waals surface area (Å²) < 4.78 is 45.2. The second-order valence-electron chi connectivity index (χ2n) is 17.7. The lowest BCUT2D eigenvalue weighted by molar-refractivity contribution is 0.0624. The van der Waals surface area contributed by atoms with Crippen LogP contribution in [0.25, 0.3) is 21.8 Å². The van der Waals surface area contributed by atoms with E-state index in [4.69, 9.17) is 14.2 Å². The molecule has 6 amide bonds. The van der Waals surface area contributed by atoms with Gasteiger partial charge in [-0.2, -0.15) is 0 Å². The van der Waals surface area contributed by atoms with Crippen LogP contribution in [0.2, 0.25) is 0 Å². The lowest BCUT2D eigenvalue weighted by Crippen LogP contribution is -2.33. The molecule has 2 aliphatic heterocycles. The molecular formula is C59H50F2N6O10. The van der Waals surface area contributed by atoms with Gasteiger partial charge in [0, 0.05) is 49.3 Å². The van der Waals surface area contributed by atoms with Gasteiger partial charge >= 0.3 is 12.2 Å². The number of hydrogen-bond donors (Lipinski definition) is 1. The zero-order chi connectivity index (χ0) is 54.5. The van der Waals surface area contributed by atoms with Crippen molar-refractivity contribution in [3.8, 4) is 23.0 Å². The van der Waals surface area contributed by atoms with Crippen molar-refractivity contribution >= 4 is 57.6 Å². The number of benzene rings is 6. The third kappa shape index (κ3) is 10.2. The number of aromatic hydroxyl groups is 1. The van der Waals surface area contributed by atoms with Crippen molar-refractivity contribution in [1.82, 2.24) is 29.6 Å². The standard InChI is InChI=1S/C36H30FN3O5.C23H20FN3O5/c1-3-39(4-2)36(43)45-32-27-16-11-21-38-30(27)33(44-31(24-12-7-5-8-13-24)25-14-9-6-10-15-25)29-28(32)34(41)40(35(29)42)22-23-17-19-26(37)20-18-23;1-3-26(4-2)23(31)32-20-15-6-5-11-25-18(15)19(28)16-17(20)22(30)27(21(16)29)12-13-7-9-14(24)10-8-13/h5-21,31H,3-4,22H2,1-2H3;5-11,28H,3-4,12H2,1-2H3. The Bertz CT molecular complexity index is 3540. The van der Waals surface area contributed by atoms with E-state index >= 15 is 0 Å². The molecule has 8 aromatic rings. The normalized spacial score (nSPS) is 12.7. The van der Waals surface area contributed by atoms with Crippen molar-refractivity contribution in [2.45, 2.75) is 46.9 Å². The van der Waals surface area contributed by atoms with Crippen LogP contribution in [0.15, 0.2) is 146 Å². The van der Waals surface area contributed by atoms with Crippen LogP contribution >= 0.6 is 0 Å². The van der Waals surface area contributed by atoms with Gasteiger partial charge in [-0.1, -0.05) is 84.9 Å². The van der Waals surface area contributed by atoms with Crippen molar-refractivity contribution < 1.29 is 56.9 Å². The van der Waals surface area contributed by atoms with E-state index in [1.54, 1.807) is 44.3 Å². The summed E-state index contributed by atoms with van der Waals surface area (Å²) in [6.45, 7) is 8.47. The molecule has 2 aromatic heterocycles. The van der Waals surface area contributed by atoms with Crippen molar-refractivity contribution in [2.75, 3.05) is 26.2 Å². The van der Waals surface area contributed by atoms with Crippen LogP contribution in [0.5, 0.6) is 23.0 Å². The van der Waals surface area contributed by atoms with E-state index in [2.05, 4.69) is 9.97 Å². The second-order valence-corrected chi connectivity index (χ2v) is 17.7. The predicted molar refractivity (Wildman–Crippen MR) is 280 cm³/mol. The predicted octanol–water partition coefficient (Wildman–Crippen LogP) is 10.9. The number of aromatic nitrogens is 2. The molecule has 2 aliphatic rings. The molecule has 77 heavy (non-hydrogen) atoms. The fourth-order valence-corrected chi connectivity index (χ4v) is 9.18. The van der Waals surface area contributed by atoms with Crippen LogP contribution < -0.4 is 14.2 Å². The Kier molecular flexibility index (Phi) is 15.3. The summed E-state index contributed by atoms with van der Waals surface area (Å²) in [5, 5.41) is 11.4. The first kappa shape index (κ1) is 52.3. The van der Waals surface area contributed by atoms with Gasteiger partial charge in [-0.3, -0.25) is 38.9 Å². The van der Waals surface area contributed by atoms with Crippen LogP contribution in [0.4, 0.5) is 18.4 Å². The zero-order valence-corrected chi connectivity index (χ0v) is 42.2. The van der Waals surface area contributed by atoms with E-state index in [1.165, 1.54) is 64.5 Å². The SMILES string of the molecule is CCN(CC)C(=O)Oc1c2c(c(O)c3ncccc13)C(=O)N(Cc1ccc(F)cc1)C2=O.CCN(CC)C(=O)Oc1c2c(c(OC(c3ccccc3)c3ccccc3)c3ncccc13)C(=O)N(Cc1ccc(F)cc1)C2=O. The summed E-state index contributed by atoms with van der Waals surface area (Å²) in [7, 11) is 0. The number of carbonyl (C=O) groups is 6. The highest BCUT2D eigenvalue weighted by atomic mass is 19.1. The molecule has 18 heteroatoms. The lowest BCUT2D eigenvalue weighted by Gasteiger charge is -2.24. The number of phenols is 1. The third-order valence-electron chi connectivity index (χ3n) is 13.2. The summed E-state index contributed by atoms with van der Waals surface area (Å²) in [5.41, 5.74) is 2.40. The number of phenolic OH excluding ortho intramolecular Hbond substituents is 1. The highest BCUT2D eigenvalue weighted by Crippen LogP contribution is 2.47. The summed E-state index contributed by atoms with van der Waals surface area (Å²) >= 11 is 0. The average molecular weight is 1040 g/mol. The molecule has 16 nitrogen and oxygen atoms in total. The maximum Gasteiger partial charge on any atom is 0.415 e. The van der Waals surface area contributed by atoms with Gasteiger partial charge in [-0.05, 0) is 98.5 Å². The largest absolute Gasteiger partial charge is 0.505 e. The van der Waals surface area contributed by atoms with E-state index < -0.39 is 59.3 Å². The van der Waals surface area contributed by atoms with Crippen LogP contribution in [0.3, 0.4) is 0 Å². The number of halogens is 2. The fourth-order valence-electron chi connectivity index (χ4n) is 9.18. The maximum absolute atomic E-state index is 14.3.